The molecule has 0 saturated heterocycles. The number of carbonyl (C=O) groups is 1. The van der Waals surface area contributed by atoms with E-state index < -0.39 is 21.5 Å². The Bertz CT molecular complexity index is 718. The zero-order valence-corrected chi connectivity index (χ0v) is 12.7. The highest BCUT2D eigenvalue weighted by atomic mass is 32.2. The van der Waals surface area contributed by atoms with E-state index in [4.69, 9.17) is 0 Å². The molecule has 0 radical (unpaired) electrons. The molecule has 106 valence electrons. The van der Waals surface area contributed by atoms with Crippen LogP contribution in [0.1, 0.15) is 11.3 Å². The van der Waals surface area contributed by atoms with E-state index in [2.05, 4.69) is 10.3 Å². The Kier molecular flexibility index (Phi) is 4.20. The van der Waals surface area contributed by atoms with Crippen LogP contribution >= 0.6 is 11.3 Å². The Morgan fingerprint density at radius 1 is 1.25 bits per heavy atom. The molecule has 0 aliphatic rings. The van der Waals surface area contributed by atoms with Crippen LogP contribution in [0.25, 0.3) is 0 Å². The average Bonchev–Trinajstić information content (AvgIpc) is 2.74. The molecule has 1 N–H and O–H groups in total. The van der Waals surface area contributed by atoms with Gasteiger partial charge in [-0.3, -0.25) is 4.79 Å². The van der Waals surface area contributed by atoms with Crippen molar-refractivity contribution < 1.29 is 13.2 Å². The number of rotatable bonds is 4. The zero-order chi connectivity index (χ0) is 14.8. The first-order valence-electron chi connectivity index (χ1n) is 5.88. The molecule has 0 bridgehead atoms. The summed E-state index contributed by atoms with van der Waals surface area (Å²) in [5, 5.41) is 4.68. The van der Waals surface area contributed by atoms with E-state index in [9.17, 15) is 13.2 Å². The lowest BCUT2D eigenvalue weighted by atomic mass is 10.2. The number of nitrogens with zero attached hydrogens (tertiary/aromatic N) is 1. The second-order valence-corrected chi connectivity index (χ2v) is 7.26. The van der Waals surface area contributed by atoms with Crippen LogP contribution in [0.2, 0.25) is 0 Å². The van der Waals surface area contributed by atoms with E-state index in [0.717, 1.165) is 11.3 Å². The van der Waals surface area contributed by atoms with Crippen molar-refractivity contribution in [2.75, 3.05) is 11.1 Å². The van der Waals surface area contributed by atoms with Gasteiger partial charge in [-0.25, -0.2) is 13.4 Å². The normalized spacial score (nSPS) is 11.3. The van der Waals surface area contributed by atoms with Crippen molar-refractivity contribution >= 4 is 32.2 Å². The molecule has 0 atom stereocenters. The Morgan fingerprint density at radius 2 is 1.90 bits per heavy atom. The third-order valence-corrected chi connectivity index (χ3v) is 5.07. The van der Waals surface area contributed by atoms with Gasteiger partial charge in [0, 0.05) is 5.38 Å². The van der Waals surface area contributed by atoms with Crippen LogP contribution in [-0.4, -0.2) is 25.1 Å². The quantitative estimate of drug-likeness (QED) is 0.939. The number of thiazole rings is 1. The molecule has 7 heteroatoms. The molecule has 1 heterocycles. The lowest BCUT2D eigenvalue weighted by molar-refractivity contribution is -0.113. The SMILES string of the molecule is Cc1ccc(S(=O)(=O)CC(=O)Nc2nc(C)cs2)cc1. The van der Waals surface area contributed by atoms with Gasteiger partial charge in [-0.1, -0.05) is 17.7 Å². The number of anilines is 1. The maximum Gasteiger partial charge on any atom is 0.241 e. The Hall–Kier alpha value is -1.73. The molecule has 0 aliphatic carbocycles. The molecule has 5 nitrogen and oxygen atoms in total. The third-order valence-electron chi connectivity index (χ3n) is 2.57. The fourth-order valence-electron chi connectivity index (χ4n) is 1.57. The molecule has 0 aliphatic heterocycles. The maximum atomic E-state index is 12.1. The number of nitrogens with one attached hydrogen (secondary N) is 1. The van der Waals surface area contributed by atoms with Crippen LogP contribution < -0.4 is 5.32 Å². The molecule has 0 unspecified atom stereocenters. The number of carbonyl (C=O) groups excluding carboxylic acids is 1. The Balaban J connectivity index is 2.08. The minimum atomic E-state index is -3.62. The van der Waals surface area contributed by atoms with E-state index in [-0.39, 0.29) is 4.90 Å². The topological polar surface area (TPSA) is 76.1 Å². The molecule has 20 heavy (non-hydrogen) atoms. The van der Waals surface area contributed by atoms with Crippen molar-refractivity contribution in [2.24, 2.45) is 0 Å². The lowest BCUT2D eigenvalue weighted by Crippen LogP contribution is -2.23. The first-order chi connectivity index (χ1) is 9.37. The van der Waals surface area contributed by atoms with Gasteiger partial charge in [0.2, 0.25) is 5.91 Å². The number of sulfone groups is 1. The minimum Gasteiger partial charge on any atom is -0.301 e. The van der Waals surface area contributed by atoms with Crippen LogP contribution in [0.15, 0.2) is 34.5 Å². The van der Waals surface area contributed by atoms with Crippen molar-refractivity contribution in [3.8, 4) is 0 Å². The van der Waals surface area contributed by atoms with E-state index in [1.807, 2.05) is 6.92 Å². The highest BCUT2D eigenvalue weighted by molar-refractivity contribution is 7.92. The van der Waals surface area contributed by atoms with Crippen LogP contribution in [0, 0.1) is 13.8 Å². The molecule has 0 spiro atoms. The summed E-state index contributed by atoms with van der Waals surface area (Å²) in [5.41, 5.74) is 1.75. The fourth-order valence-corrected chi connectivity index (χ4v) is 3.41. The van der Waals surface area contributed by atoms with E-state index in [1.54, 1.807) is 24.4 Å². The van der Waals surface area contributed by atoms with Gasteiger partial charge in [0.05, 0.1) is 10.6 Å². The van der Waals surface area contributed by atoms with Crippen LogP contribution in [0.5, 0.6) is 0 Å². The zero-order valence-electron chi connectivity index (χ0n) is 11.1. The molecule has 2 aromatic rings. The second-order valence-electron chi connectivity index (χ2n) is 4.41. The van der Waals surface area contributed by atoms with Crippen LogP contribution in [0.3, 0.4) is 0 Å². The van der Waals surface area contributed by atoms with Crippen LogP contribution in [0.4, 0.5) is 5.13 Å². The summed E-state index contributed by atoms with van der Waals surface area (Å²) >= 11 is 1.26. The monoisotopic (exact) mass is 310 g/mol. The first kappa shape index (κ1) is 14.7. The van der Waals surface area contributed by atoms with Crippen molar-refractivity contribution in [1.29, 1.82) is 0 Å². The van der Waals surface area contributed by atoms with Gasteiger partial charge in [-0.15, -0.1) is 11.3 Å². The van der Waals surface area contributed by atoms with Gasteiger partial charge in [-0.05, 0) is 26.0 Å². The molecule has 1 amide bonds. The fraction of sp³-hybridized carbons (Fsp3) is 0.231. The predicted octanol–water partition coefficient (Wildman–Crippen LogP) is 2.17. The average molecular weight is 310 g/mol. The summed E-state index contributed by atoms with van der Waals surface area (Å²) in [4.78, 5) is 16.0. The minimum absolute atomic E-state index is 0.147. The summed E-state index contributed by atoms with van der Waals surface area (Å²) < 4.78 is 24.1. The molecule has 0 saturated carbocycles. The highest BCUT2D eigenvalue weighted by Crippen LogP contribution is 2.16. The molecular weight excluding hydrogens is 296 g/mol. The number of aryl methyl sites for hydroxylation is 2. The van der Waals surface area contributed by atoms with Crippen molar-refractivity contribution in [3.05, 3.63) is 40.9 Å². The maximum absolute atomic E-state index is 12.1. The highest BCUT2D eigenvalue weighted by Gasteiger charge is 2.19. The number of aromatic nitrogens is 1. The van der Waals surface area contributed by atoms with Crippen LogP contribution in [-0.2, 0) is 14.6 Å². The molecule has 0 fully saturated rings. The van der Waals surface area contributed by atoms with E-state index >= 15 is 0 Å². The van der Waals surface area contributed by atoms with Gasteiger partial charge >= 0.3 is 0 Å². The number of benzene rings is 1. The van der Waals surface area contributed by atoms with Gasteiger partial charge in [0.15, 0.2) is 15.0 Å². The summed E-state index contributed by atoms with van der Waals surface area (Å²) in [6.45, 7) is 3.67. The van der Waals surface area contributed by atoms with Gasteiger partial charge in [-0.2, -0.15) is 0 Å². The van der Waals surface area contributed by atoms with Crippen molar-refractivity contribution in [1.82, 2.24) is 4.98 Å². The van der Waals surface area contributed by atoms with E-state index in [0.29, 0.717) is 5.13 Å². The summed E-state index contributed by atoms with van der Waals surface area (Å²) in [5.74, 6) is -1.17. The van der Waals surface area contributed by atoms with Gasteiger partial charge in [0.1, 0.15) is 5.75 Å². The molecular formula is C13H14N2O3S2. The van der Waals surface area contributed by atoms with Gasteiger partial charge < -0.3 is 5.32 Å². The van der Waals surface area contributed by atoms with E-state index in [1.165, 1.54) is 23.5 Å². The van der Waals surface area contributed by atoms with Crippen molar-refractivity contribution in [3.63, 3.8) is 0 Å². The number of hydrogen-bond acceptors (Lipinski definition) is 5. The third kappa shape index (κ3) is 3.64. The Morgan fingerprint density at radius 3 is 2.45 bits per heavy atom. The summed E-state index contributed by atoms with van der Waals surface area (Å²) in [7, 11) is -3.62. The Labute approximate surface area is 121 Å². The largest absolute Gasteiger partial charge is 0.301 e. The molecule has 1 aromatic carbocycles. The second kappa shape index (κ2) is 5.72. The summed E-state index contributed by atoms with van der Waals surface area (Å²) in [6, 6.07) is 6.42. The smallest absolute Gasteiger partial charge is 0.241 e. The first-order valence-corrected chi connectivity index (χ1v) is 8.41. The molecule has 2 rings (SSSR count). The molecule has 1 aromatic heterocycles. The lowest BCUT2D eigenvalue weighted by Gasteiger charge is -2.04. The standard InChI is InChI=1S/C13H14N2O3S2/c1-9-3-5-11(6-4-9)20(17,18)8-12(16)15-13-14-10(2)7-19-13/h3-7H,8H2,1-2H3,(H,14,15,16). The summed E-state index contributed by atoms with van der Waals surface area (Å²) in [6.07, 6.45) is 0. The number of amides is 1. The van der Waals surface area contributed by atoms with Crippen molar-refractivity contribution in [2.45, 2.75) is 18.7 Å². The number of hydrogen-bond donors (Lipinski definition) is 1. The van der Waals surface area contributed by atoms with Gasteiger partial charge in [0.25, 0.3) is 0 Å². The predicted molar refractivity (Wildman–Crippen MR) is 78.7 cm³/mol.